The van der Waals surface area contributed by atoms with E-state index in [0.29, 0.717) is 11.6 Å². The topological polar surface area (TPSA) is 56.7 Å². The molecular weight excluding hydrogens is 649 g/mol. The fourth-order valence-electron chi connectivity index (χ4n) is 8.75. The number of benzene rings is 6. The van der Waals surface area contributed by atoms with Gasteiger partial charge in [-0.3, -0.25) is 0 Å². The van der Waals surface area contributed by atoms with Crippen molar-refractivity contribution in [3.8, 4) is 39.6 Å². The van der Waals surface area contributed by atoms with Crippen LogP contribution in [0.15, 0.2) is 156 Å². The summed E-state index contributed by atoms with van der Waals surface area (Å²) in [5.74, 6) is 2.09. The molecule has 0 spiro atoms. The molecule has 252 valence electrons. The van der Waals surface area contributed by atoms with E-state index in [1.807, 2.05) is 18.2 Å². The van der Waals surface area contributed by atoms with E-state index in [-0.39, 0.29) is 11.3 Å². The monoisotopic (exact) mass is 682 g/mol. The van der Waals surface area contributed by atoms with Gasteiger partial charge in [-0.15, -0.1) is 0 Å². The SMILES string of the molecule is CC1(C)c2ccccc2-c2cc3c4ccccc4n(-c4cccc5c4oc4c(-c6nc(-c7ccccc7)nc(C7C=CC=CC7)n6)cccc45)c3cc21. The van der Waals surface area contributed by atoms with Gasteiger partial charge in [-0.1, -0.05) is 135 Å². The number of nitrogens with zero attached hydrogens (tertiary/aromatic N) is 4. The highest BCUT2D eigenvalue weighted by molar-refractivity contribution is 6.15. The van der Waals surface area contributed by atoms with Crippen LogP contribution >= 0.6 is 0 Å². The molecule has 9 aromatic rings. The maximum atomic E-state index is 7.06. The largest absolute Gasteiger partial charge is 0.453 e. The van der Waals surface area contributed by atoms with Crippen molar-refractivity contribution in [2.75, 3.05) is 0 Å². The molecule has 2 aliphatic carbocycles. The zero-order valence-corrected chi connectivity index (χ0v) is 29.4. The Balaban J connectivity index is 1.15. The minimum Gasteiger partial charge on any atom is -0.453 e. The summed E-state index contributed by atoms with van der Waals surface area (Å²) in [5, 5.41) is 4.54. The van der Waals surface area contributed by atoms with E-state index in [9.17, 15) is 0 Å². The summed E-state index contributed by atoms with van der Waals surface area (Å²) in [4.78, 5) is 15.2. The van der Waals surface area contributed by atoms with Gasteiger partial charge in [0.1, 0.15) is 11.4 Å². The van der Waals surface area contributed by atoms with Crippen LogP contribution in [0.1, 0.15) is 43.1 Å². The van der Waals surface area contributed by atoms with Crippen molar-refractivity contribution in [1.82, 2.24) is 19.5 Å². The standard InChI is InChI=1S/C48H34N4O/c1-48(2)38-24-11-9-19-31(38)36-27-37-32-20-10-12-25-40(32)52(42(37)28-39(36)48)41-26-14-22-34-33-21-13-23-35(43(33)53-44(34)41)47-50-45(29-15-5-3-6-16-29)49-46(51-47)30-17-7-4-8-18-30/h3-17,19-28,30H,18H2,1-2H3. The zero-order chi connectivity index (χ0) is 35.3. The molecule has 3 heterocycles. The first-order chi connectivity index (χ1) is 26.0. The molecule has 3 aromatic heterocycles. The van der Waals surface area contributed by atoms with Gasteiger partial charge in [0.25, 0.3) is 0 Å². The molecule has 0 saturated carbocycles. The smallest absolute Gasteiger partial charge is 0.167 e. The van der Waals surface area contributed by atoms with Crippen molar-refractivity contribution in [2.24, 2.45) is 0 Å². The van der Waals surface area contributed by atoms with Crippen LogP contribution in [0.25, 0.3) is 83.3 Å². The highest BCUT2D eigenvalue weighted by Gasteiger charge is 2.36. The first-order valence-corrected chi connectivity index (χ1v) is 18.3. The first kappa shape index (κ1) is 30.1. The Morgan fingerprint density at radius 3 is 2.19 bits per heavy atom. The van der Waals surface area contributed by atoms with Crippen LogP contribution in [0.3, 0.4) is 0 Å². The number of para-hydroxylation sites is 3. The van der Waals surface area contributed by atoms with E-state index in [2.05, 4.69) is 152 Å². The average molecular weight is 683 g/mol. The maximum Gasteiger partial charge on any atom is 0.167 e. The predicted molar refractivity (Wildman–Crippen MR) is 216 cm³/mol. The highest BCUT2D eigenvalue weighted by Crippen LogP contribution is 2.51. The van der Waals surface area contributed by atoms with Gasteiger partial charge < -0.3 is 8.98 Å². The minimum absolute atomic E-state index is 0.0696. The molecule has 5 heteroatoms. The molecule has 1 unspecified atom stereocenters. The Labute approximate surface area is 306 Å². The van der Waals surface area contributed by atoms with Crippen molar-refractivity contribution >= 4 is 43.7 Å². The van der Waals surface area contributed by atoms with E-state index in [1.54, 1.807) is 0 Å². The average Bonchev–Trinajstić information content (AvgIpc) is 3.83. The second kappa shape index (κ2) is 11.2. The first-order valence-electron chi connectivity index (χ1n) is 18.3. The molecule has 5 nitrogen and oxygen atoms in total. The summed E-state index contributed by atoms with van der Waals surface area (Å²) in [7, 11) is 0. The third-order valence-corrected chi connectivity index (χ3v) is 11.4. The summed E-state index contributed by atoms with van der Waals surface area (Å²) in [6, 6.07) is 45.3. The van der Waals surface area contributed by atoms with Crippen LogP contribution in [-0.2, 0) is 5.41 Å². The highest BCUT2D eigenvalue weighted by atomic mass is 16.3. The number of hydrogen-bond donors (Lipinski definition) is 0. The molecule has 1 atom stereocenters. The van der Waals surface area contributed by atoms with Gasteiger partial charge in [0.2, 0.25) is 0 Å². The maximum absolute atomic E-state index is 7.06. The molecule has 0 amide bonds. The molecule has 0 fully saturated rings. The second-order valence-corrected chi connectivity index (χ2v) is 14.7. The normalized spacial score (nSPS) is 15.8. The molecule has 2 aliphatic rings. The second-order valence-electron chi connectivity index (χ2n) is 14.7. The number of furan rings is 1. The Kier molecular flexibility index (Phi) is 6.36. The van der Waals surface area contributed by atoms with Gasteiger partial charge in [-0.05, 0) is 59.0 Å². The Hall–Kier alpha value is -6.59. The van der Waals surface area contributed by atoms with Crippen LogP contribution in [-0.4, -0.2) is 19.5 Å². The lowest BCUT2D eigenvalue weighted by molar-refractivity contribution is 0.660. The lowest BCUT2D eigenvalue weighted by Gasteiger charge is -2.21. The lowest BCUT2D eigenvalue weighted by Crippen LogP contribution is -2.14. The molecular formula is C48H34N4O. The van der Waals surface area contributed by atoms with Crippen LogP contribution in [0, 0.1) is 0 Å². The van der Waals surface area contributed by atoms with Gasteiger partial charge in [0.15, 0.2) is 17.2 Å². The van der Waals surface area contributed by atoms with Gasteiger partial charge in [-0.25, -0.2) is 15.0 Å². The number of rotatable bonds is 4. The van der Waals surface area contributed by atoms with Crippen molar-refractivity contribution in [1.29, 1.82) is 0 Å². The Morgan fingerprint density at radius 2 is 1.32 bits per heavy atom. The molecule has 0 radical (unpaired) electrons. The predicted octanol–water partition coefficient (Wildman–Crippen LogP) is 12.1. The van der Waals surface area contributed by atoms with Gasteiger partial charge >= 0.3 is 0 Å². The lowest BCUT2D eigenvalue weighted by atomic mass is 9.82. The van der Waals surface area contributed by atoms with E-state index in [4.69, 9.17) is 19.4 Å². The quantitative estimate of drug-likeness (QED) is 0.185. The van der Waals surface area contributed by atoms with E-state index in [0.717, 1.165) is 56.5 Å². The minimum atomic E-state index is -0.118. The van der Waals surface area contributed by atoms with Crippen LogP contribution in [0.4, 0.5) is 0 Å². The number of hydrogen-bond acceptors (Lipinski definition) is 4. The molecule has 0 N–H and O–H groups in total. The Bertz CT molecular complexity index is 3020. The van der Waals surface area contributed by atoms with Crippen LogP contribution in [0.2, 0.25) is 0 Å². The summed E-state index contributed by atoms with van der Waals surface area (Å²) >= 11 is 0. The summed E-state index contributed by atoms with van der Waals surface area (Å²) in [6.45, 7) is 4.68. The van der Waals surface area contributed by atoms with Crippen molar-refractivity contribution in [3.05, 3.63) is 169 Å². The number of fused-ring (bicyclic) bond motifs is 9. The van der Waals surface area contributed by atoms with Crippen molar-refractivity contribution in [3.63, 3.8) is 0 Å². The summed E-state index contributed by atoms with van der Waals surface area (Å²) < 4.78 is 9.45. The molecule has 0 bridgehead atoms. The van der Waals surface area contributed by atoms with E-state index >= 15 is 0 Å². The van der Waals surface area contributed by atoms with Gasteiger partial charge in [-0.2, -0.15) is 0 Å². The van der Waals surface area contributed by atoms with Crippen LogP contribution in [0.5, 0.6) is 0 Å². The van der Waals surface area contributed by atoms with E-state index in [1.165, 1.54) is 38.5 Å². The Morgan fingerprint density at radius 1 is 0.585 bits per heavy atom. The van der Waals surface area contributed by atoms with Crippen LogP contribution < -0.4 is 0 Å². The fourth-order valence-corrected chi connectivity index (χ4v) is 8.75. The molecule has 6 aromatic carbocycles. The molecule has 0 aliphatic heterocycles. The summed E-state index contributed by atoms with van der Waals surface area (Å²) in [5.41, 5.74) is 12.0. The summed E-state index contributed by atoms with van der Waals surface area (Å²) in [6.07, 6.45) is 9.33. The zero-order valence-electron chi connectivity index (χ0n) is 29.4. The molecule has 53 heavy (non-hydrogen) atoms. The van der Waals surface area contributed by atoms with E-state index < -0.39 is 0 Å². The van der Waals surface area contributed by atoms with Crippen molar-refractivity contribution in [2.45, 2.75) is 31.6 Å². The van der Waals surface area contributed by atoms with Crippen molar-refractivity contribution < 1.29 is 4.42 Å². The number of aromatic nitrogens is 4. The van der Waals surface area contributed by atoms with Gasteiger partial charge in [0, 0.05) is 38.4 Å². The third-order valence-electron chi connectivity index (χ3n) is 11.4. The molecule has 0 saturated heterocycles. The van der Waals surface area contributed by atoms with Gasteiger partial charge in [0.05, 0.1) is 22.3 Å². The molecule has 11 rings (SSSR count). The third kappa shape index (κ3) is 4.40. The fraction of sp³-hybridized carbons (Fsp3) is 0.104. The number of allylic oxidation sites excluding steroid dienone is 4.